The summed E-state index contributed by atoms with van der Waals surface area (Å²) in [7, 11) is 1.92. The van der Waals surface area contributed by atoms with Crippen molar-refractivity contribution in [1.82, 2.24) is 20.2 Å². The van der Waals surface area contributed by atoms with Gasteiger partial charge in [-0.05, 0) is 23.3 Å². The Balaban J connectivity index is 1.39. The van der Waals surface area contributed by atoms with Crippen LogP contribution in [0.4, 0.5) is 15.1 Å². The van der Waals surface area contributed by atoms with E-state index >= 15 is 0 Å². The van der Waals surface area contributed by atoms with E-state index in [1.807, 2.05) is 72.6 Å². The fraction of sp³-hybridized carbons (Fsp3) is 0.207. The number of fused-ring (bicyclic) bond motifs is 1. The predicted octanol–water partition coefficient (Wildman–Crippen LogP) is 5.31. The van der Waals surface area contributed by atoms with E-state index in [1.165, 1.54) is 12.1 Å². The van der Waals surface area contributed by atoms with E-state index in [0.717, 1.165) is 22.4 Å². The molecule has 3 aromatic carbocycles. The zero-order valence-electron chi connectivity index (χ0n) is 20.6. The second-order valence-electron chi connectivity index (χ2n) is 8.97. The van der Waals surface area contributed by atoms with Crippen LogP contribution in [0.3, 0.4) is 0 Å². The number of hydrogen-bond acceptors (Lipinski definition) is 5. The number of hydrogen-bond donors (Lipinski definition) is 1. The summed E-state index contributed by atoms with van der Waals surface area (Å²) in [5.41, 5.74) is 3.70. The van der Waals surface area contributed by atoms with Gasteiger partial charge >= 0.3 is 6.03 Å². The highest BCUT2D eigenvalue weighted by atomic mass is 19.1. The Kier molecular flexibility index (Phi) is 7.26. The highest BCUT2D eigenvalue weighted by Gasteiger charge is 2.27. The second-order valence-corrected chi connectivity index (χ2v) is 8.97. The van der Waals surface area contributed by atoms with Crippen molar-refractivity contribution in [3.63, 3.8) is 0 Å². The summed E-state index contributed by atoms with van der Waals surface area (Å²) in [6.07, 6.45) is 0.558. The van der Waals surface area contributed by atoms with Crippen molar-refractivity contribution in [3.05, 3.63) is 113 Å². The summed E-state index contributed by atoms with van der Waals surface area (Å²) in [5.74, 6) is 0.772. The maximum atomic E-state index is 13.9. The van der Waals surface area contributed by atoms with Gasteiger partial charge in [-0.2, -0.15) is 4.98 Å². The Hall–Kier alpha value is -4.46. The number of urea groups is 1. The molecule has 0 radical (unpaired) electrons. The molecule has 2 amide bonds. The van der Waals surface area contributed by atoms with Gasteiger partial charge in [0.25, 0.3) is 0 Å². The van der Waals surface area contributed by atoms with E-state index in [9.17, 15) is 9.18 Å². The first-order valence-corrected chi connectivity index (χ1v) is 12.2. The van der Waals surface area contributed by atoms with E-state index in [4.69, 9.17) is 14.7 Å². The number of anilines is 1. The molecule has 2 heterocycles. The number of halogens is 1. The molecule has 188 valence electrons. The summed E-state index contributed by atoms with van der Waals surface area (Å²) in [6.45, 7) is 1.87. The lowest BCUT2D eigenvalue weighted by atomic mass is 10.1. The van der Waals surface area contributed by atoms with Crippen LogP contribution in [0, 0.1) is 5.82 Å². The number of carbonyl (C=O) groups excluding carboxylic acids is 1. The van der Waals surface area contributed by atoms with Crippen LogP contribution in [-0.4, -0.2) is 34.5 Å². The average molecular weight is 498 g/mol. The molecule has 1 aromatic heterocycles. The van der Waals surface area contributed by atoms with Gasteiger partial charge in [-0.15, -0.1) is 0 Å². The molecular weight excluding hydrogens is 469 g/mol. The van der Waals surface area contributed by atoms with Gasteiger partial charge in [0.15, 0.2) is 0 Å². The molecule has 1 N–H and O–H groups in total. The van der Waals surface area contributed by atoms with Crippen LogP contribution in [0.5, 0.6) is 11.6 Å². The van der Waals surface area contributed by atoms with Gasteiger partial charge in [0.2, 0.25) is 11.8 Å². The average Bonchev–Trinajstić information content (AvgIpc) is 2.92. The van der Waals surface area contributed by atoms with E-state index in [1.54, 1.807) is 17.0 Å². The van der Waals surface area contributed by atoms with E-state index in [0.29, 0.717) is 50.2 Å². The topological polar surface area (TPSA) is 70.6 Å². The van der Waals surface area contributed by atoms with Crippen LogP contribution >= 0.6 is 0 Å². The third-order valence-electron chi connectivity index (χ3n) is 6.20. The van der Waals surface area contributed by atoms with Crippen molar-refractivity contribution >= 4 is 12.0 Å². The maximum Gasteiger partial charge on any atom is 0.317 e. The molecule has 4 aromatic rings. The Morgan fingerprint density at radius 2 is 1.73 bits per heavy atom. The first kappa shape index (κ1) is 24.2. The van der Waals surface area contributed by atoms with E-state index in [2.05, 4.69) is 5.32 Å². The molecule has 1 aliphatic heterocycles. The van der Waals surface area contributed by atoms with Crippen molar-refractivity contribution < 1.29 is 13.9 Å². The Labute approximate surface area is 215 Å². The fourth-order valence-corrected chi connectivity index (χ4v) is 4.26. The molecular formula is C29H28FN5O2. The minimum Gasteiger partial charge on any atom is -0.438 e. The highest BCUT2D eigenvalue weighted by molar-refractivity contribution is 5.74. The summed E-state index contributed by atoms with van der Waals surface area (Å²) in [6, 6.07) is 25.6. The van der Waals surface area contributed by atoms with Gasteiger partial charge in [0, 0.05) is 39.2 Å². The van der Waals surface area contributed by atoms with Gasteiger partial charge in [0.05, 0.1) is 17.8 Å². The number of carbonyl (C=O) groups is 1. The number of nitrogens with one attached hydrogen (secondary N) is 1. The van der Waals surface area contributed by atoms with Crippen molar-refractivity contribution in [3.8, 4) is 11.6 Å². The second kappa shape index (κ2) is 11.1. The van der Waals surface area contributed by atoms with Crippen LogP contribution < -0.4 is 15.0 Å². The van der Waals surface area contributed by atoms with Crippen molar-refractivity contribution in [2.24, 2.45) is 0 Å². The molecule has 0 saturated carbocycles. The van der Waals surface area contributed by atoms with Crippen LogP contribution in [0.1, 0.15) is 22.4 Å². The van der Waals surface area contributed by atoms with Crippen LogP contribution in [0.2, 0.25) is 0 Å². The van der Waals surface area contributed by atoms with Crippen LogP contribution in [-0.2, 0) is 26.1 Å². The lowest BCUT2D eigenvalue weighted by molar-refractivity contribution is 0.190. The summed E-state index contributed by atoms with van der Waals surface area (Å²) >= 11 is 0. The molecule has 0 fully saturated rings. The molecule has 0 unspecified atom stereocenters. The highest BCUT2D eigenvalue weighted by Crippen LogP contribution is 2.31. The largest absolute Gasteiger partial charge is 0.438 e. The van der Waals surface area contributed by atoms with Crippen LogP contribution in [0.15, 0.2) is 84.9 Å². The lowest BCUT2D eigenvalue weighted by Gasteiger charge is -2.30. The molecule has 0 atom stereocenters. The predicted molar refractivity (Wildman–Crippen MR) is 140 cm³/mol. The van der Waals surface area contributed by atoms with Crippen LogP contribution in [0.25, 0.3) is 0 Å². The Morgan fingerprint density at radius 3 is 2.46 bits per heavy atom. The third kappa shape index (κ3) is 6.03. The number of nitrogens with zero attached hydrogens (tertiary/aromatic N) is 4. The lowest BCUT2D eigenvalue weighted by Crippen LogP contribution is -2.43. The molecule has 37 heavy (non-hydrogen) atoms. The monoisotopic (exact) mass is 497 g/mol. The van der Waals surface area contributed by atoms with E-state index in [-0.39, 0.29) is 6.03 Å². The SMILES string of the molecule is CN(Cc1ccccc1)c1nc2c(c(Oc3cccc(F)c3)n1)CN(C(=O)NCc1ccccc1)CC2. The molecule has 0 bridgehead atoms. The smallest absolute Gasteiger partial charge is 0.317 e. The fourth-order valence-electron chi connectivity index (χ4n) is 4.26. The van der Waals surface area contributed by atoms with Crippen molar-refractivity contribution in [2.45, 2.75) is 26.1 Å². The molecule has 8 heteroatoms. The van der Waals surface area contributed by atoms with Crippen molar-refractivity contribution in [1.29, 1.82) is 0 Å². The Bertz CT molecular complexity index is 1370. The minimum absolute atomic E-state index is 0.170. The van der Waals surface area contributed by atoms with Gasteiger partial charge in [0.1, 0.15) is 11.6 Å². The molecule has 0 aliphatic carbocycles. The molecule has 0 saturated heterocycles. The minimum atomic E-state index is -0.399. The molecule has 0 spiro atoms. The zero-order chi connectivity index (χ0) is 25.6. The third-order valence-corrected chi connectivity index (χ3v) is 6.20. The normalized spacial score (nSPS) is 12.5. The summed E-state index contributed by atoms with van der Waals surface area (Å²) < 4.78 is 19.9. The zero-order valence-corrected chi connectivity index (χ0v) is 20.6. The maximum absolute atomic E-state index is 13.9. The van der Waals surface area contributed by atoms with Crippen molar-refractivity contribution in [2.75, 3.05) is 18.5 Å². The summed E-state index contributed by atoms with van der Waals surface area (Å²) in [5, 5.41) is 2.98. The van der Waals surface area contributed by atoms with Gasteiger partial charge in [-0.3, -0.25) is 0 Å². The van der Waals surface area contributed by atoms with Gasteiger partial charge < -0.3 is 19.9 Å². The van der Waals surface area contributed by atoms with Gasteiger partial charge in [-0.25, -0.2) is 14.2 Å². The van der Waals surface area contributed by atoms with Gasteiger partial charge in [-0.1, -0.05) is 66.7 Å². The van der Waals surface area contributed by atoms with E-state index < -0.39 is 5.82 Å². The standard InChI is InChI=1S/C29H28FN5O2/c1-34(19-22-11-6-3-7-12-22)28-32-26-15-16-35(29(36)31-18-21-9-4-2-5-10-21)20-25(26)27(33-28)37-24-14-8-13-23(30)17-24/h2-14,17H,15-16,18-20H2,1H3,(H,31,36). The first-order valence-electron chi connectivity index (χ1n) is 12.2. The molecule has 1 aliphatic rings. The molecule has 5 rings (SSSR count). The number of aromatic nitrogens is 2. The summed E-state index contributed by atoms with van der Waals surface area (Å²) in [4.78, 5) is 26.1. The molecule has 7 nitrogen and oxygen atoms in total. The number of rotatable bonds is 7. The first-order chi connectivity index (χ1) is 18.0. The number of benzene rings is 3. The number of ether oxygens (including phenoxy) is 1. The Morgan fingerprint density at radius 1 is 1.00 bits per heavy atom. The quantitative estimate of drug-likeness (QED) is 0.375. The number of amides is 2.